The van der Waals surface area contributed by atoms with Crippen molar-refractivity contribution in [1.82, 2.24) is 4.90 Å². The molecule has 0 unspecified atom stereocenters. The quantitative estimate of drug-likeness (QED) is 0.150. The monoisotopic (exact) mass is 385 g/mol. The average molecular weight is 386 g/mol. The number of hydrogen-bond acceptors (Lipinski definition) is 3. The summed E-state index contributed by atoms with van der Waals surface area (Å²) in [5.74, 6) is -0.526. The van der Waals surface area contributed by atoms with Crippen LogP contribution in [0.2, 0.25) is 0 Å². The Balaban J connectivity index is 4.44. The molecule has 0 heterocycles. The van der Waals surface area contributed by atoms with Crippen molar-refractivity contribution < 1.29 is 9.47 Å². The van der Waals surface area contributed by atoms with E-state index in [-0.39, 0.29) is 0 Å². The lowest BCUT2D eigenvalue weighted by molar-refractivity contribution is -0.311. The molecule has 27 heavy (non-hydrogen) atoms. The molecule has 0 aliphatic heterocycles. The van der Waals surface area contributed by atoms with E-state index in [2.05, 4.69) is 39.8 Å². The normalized spacial score (nSPS) is 12.2. The first-order chi connectivity index (χ1) is 13.1. The molecule has 164 valence electrons. The lowest BCUT2D eigenvalue weighted by atomic mass is 10.1. The maximum atomic E-state index is 6.41. The molecule has 0 N–H and O–H groups in total. The summed E-state index contributed by atoms with van der Waals surface area (Å²) >= 11 is 0. The van der Waals surface area contributed by atoms with Crippen LogP contribution in [0.25, 0.3) is 0 Å². The first-order valence-electron chi connectivity index (χ1n) is 12.1. The predicted octanol–water partition coefficient (Wildman–Crippen LogP) is 7.54. The number of unbranched alkanes of at least 4 members (excludes halogenated alkanes) is 12. The number of nitrogens with zero attached hydrogens (tertiary/aromatic N) is 1. The fourth-order valence-corrected chi connectivity index (χ4v) is 3.49. The maximum absolute atomic E-state index is 6.41. The molecular weight excluding hydrogens is 334 g/mol. The summed E-state index contributed by atoms with van der Waals surface area (Å²) in [5.41, 5.74) is 0. The molecule has 0 rings (SSSR count). The lowest BCUT2D eigenvalue weighted by Gasteiger charge is -2.39. The molecule has 0 aliphatic rings. The topological polar surface area (TPSA) is 21.7 Å². The van der Waals surface area contributed by atoms with Crippen LogP contribution in [0.15, 0.2) is 0 Å². The van der Waals surface area contributed by atoms with Gasteiger partial charge in [-0.2, -0.15) is 0 Å². The Hall–Kier alpha value is -0.120. The lowest BCUT2D eigenvalue weighted by Crippen LogP contribution is -2.49. The van der Waals surface area contributed by atoms with Gasteiger partial charge in [0.25, 0.3) is 0 Å². The molecule has 0 aromatic heterocycles. The minimum atomic E-state index is -0.526. The molecule has 0 bridgehead atoms. The zero-order chi connectivity index (χ0) is 20.2. The molecule has 0 aromatic carbocycles. The van der Waals surface area contributed by atoms with Gasteiger partial charge in [-0.15, -0.1) is 0 Å². The summed E-state index contributed by atoms with van der Waals surface area (Å²) in [7, 11) is 4.22. The van der Waals surface area contributed by atoms with Gasteiger partial charge in [-0.1, -0.05) is 97.8 Å². The summed E-state index contributed by atoms with van der Waals surface area (Å²) in [6, 6.07) is 0. The zero-order valence-corrected chi connectivity index (χ0v) is 19.5. The van der Waals surface area contributed by atoms with Gasteiger partial charge >= 0.3 is 0 Å². The van der Waals surface area contributed by atoms with Crippen LogP contribution in [0.5, 0.6) is 0 Å². The van der Waals surface area contributed by atoms with Crippen molar-refractivity contribution in [3.63, 3.8) is 0 Å². The minimum Gasteiger partial charge on any atom is -0.337 e. The van der Waals surface area contributed by atoms with E-state index in [1.807, 2.05) is 0 Å². The minimum absolute atomic E-state index is 0.526. The second-order valence-corrected chi connectivity index (χ2v) is 8.30. The van der Waals surface area contributed by atoms with Crippen LogP contribution in [0, 0.1) is 0 Å². The van der Waals surface area contributed by atoms with E-state index in [1.54, 1.807) is 0 Å². The second kappa shape index (κ2) is 19.2. The molecule has 0 saturated heterocycles. The highest BCUT2D eigenvalue weighted by atomic mass is 16.7. The Morgan fingerprint density at radius 3 is 1.26 bits per heavy atom. The molecule has 0 amide bonds. The molecule has 0 spiro atoms. The highest BCUT2D eigenvalue weighted by Gasteiger charge is 2.34. The summed E-state index contributed by atoms with van der Waals surface area (Å²) in [5, 5.41) is 0. The van der Waals surface area contributed by atoms with E-state index in [0.717, 1.165) is 32.5 Å². The molecule has 0 radical (unpaired) electrons. The maximum Gasteiger partial charge on any atom is 0.229 e. The van der Waals surface area contributed by atoms with E-state index < -0.39 is 5.91 Å². The van der Waals surface area contributed by atoms with E-state index >= 15 is 0 Å². The highest BCUT2D eigenvalue weighted by molar-refractivity contribution is 4.68. The van der Waals surface area contributed by atoms with Crippen molar-refractivity contribution in [2.75, 3.05) is 27.3 Å². The van der Waals surface area contributed by atoms with Crippen molar-refractivity contribution in [2.24, 2.45) is 0 Å². The van der Waals surface area contributed by atoms with Gasteiger partial charge in [0.2, 0.25) is 5.91 Å². The molecule has 0 saturated carbocycles. The average Bonchev–Trinajstić information content (AvgIpc) is 2.66. The Bertz CT molecular complexity index is 278. The molecule has 3 heteroatoms. The molecule has 0 aliphatic carbocycles. The number of rotatable bonds is 21. The van der Waals surface area contributed by atoms with Crippen LogP contribution in [0.4, 0.5) is 0 Å². The largest absolute Gasteiger partial charge is 0.337 e. The van der Waals surface area contributed by atoms with Crippen LogP contribution >= 0.6 is 0 Å². The SMILES string of the molecule is CCCCCCCOC(CCCCCCC)(OCCCCCCC)N(C)C. The van der Waals surface area contributed by atoms with Gasteiger partial charge in [0.15, 0.2) is 0 Å². The molecule has 0 fully saturated rings. The fourth-order valence-electron chi connectivity index (χ4n) is 3.49. The second-order valence-electron chi connectivity index (χ2n) is 8.30. The number of ether oxygens (including phenoxy) is 2. The van der Waals surface area contributed by atoms with Crippen LogP contribution in [0.1, 0.15) is 124 Å². The number of hydrogen-bond donors (Lipinski definition) is 0. The highest BCUT2D eigenvalue weighted by Crippen LogP contribution is 2.26. The van der Waals surface area contributed by atoms with Crippen LogP contribution in [-0.2, 0) is 9.47 Å². The smallest absolute Gasteiger partial charge is 0.229 e. The Kier molecular flexibility index (Phi) is 19.1. The third kappa shape index (κ3) is 14.5. The first kappa shape index (κ1) is 26.9. The van der Waals surface area contributed by atoms with E-state index in [4.69, 9.17) is 9.47 Å². The standard InChI is InChI=1S/C24H51NO2/c1-6-9-12-15-18-21-24(25(4)5,26-22-19-16-13-10-7-2)27-23-20-17-14-11-8-3/h6-23H2,1-5H3. The Labute approximate surface area is 171 Å². The third-order valence-corrected chi connectivity index (χ3v) is 5.43. The van der Waals surface area contributed by atoms with Gasteiger partial charge in [-0.25, -0.2) is 0 Å². The van der Waals surface area contributed by atoms with Crippen molar-refractivity contribution in [1.29, 1.82) is 0 Å². The van der Waals surface area contributed by atoms with Gasteiger partial charge in [0, 0.05) is 6.42 Å². The molecule has 0 aromatic rings. The van der Waals surface area contributed by atoms with E-state index in [1.165, 1.54) is 83.5 Å². The summed E-state index contributed by atoms with van der Waals surface area (Å²) < 4.78 is 12.8. The Morgan fingerprint density at radius 1 is 0.519 bits per heavy atom. The van der Waals surface area contributed by atoms with Crippen molar-refractivity contribution in [2.45, 2.75) is 129 Å². The fraction of sp³-hybridized carbons (Fsp3) is 1.00. The molecule has 3 nitrogen and oxygen atoms in total. The summed E-state index contributed by atoms with van der Waals surface area (Å²) in [4.78, 5) is 2.17. The van der Waals surface area contributed by atoms with Gasteiger partial charge in [0.1, 0.15) is 0 Å². The van der Waals surface area contributed by atoms with Gasteiger partial charge in [0.05, 0.1) is 13.2 Å². The van der Waals surface area contributed by atoms with Crippen molar-refractivity contribution in [3.05, 3.63) is 0 Å². The van der Waals surface area contributed by atoms with Crippen molar-refractivity contribution >= 4 is 0 Å². The van der Waals surface area contributed by atoms with Gasteiger partial charge in [-0.05, 0) is 33.4 Å². The van der Waals surface area contributed by atoms with Crippen molar-refractivity contribution in [3.8, 4) is 0 Å². The van der Waals surface area contributed by atoms with E-state index in [0.29, 0.717) is 0 Å². The Morgan fingerprint density at radius 2 is 0.889 bits per heavy atom. The first-order valence-corrected chi connectivity index (χ1v) is 12.1. The molecule has 0 atom stereocenters. The predicted molar refractivity (Wildman–Crippen MR) is 119 cm³/mol. The van der Waals surface area contributed by atoms with Crippen LogP contribution in [-0.4, -0.2) is 38.1 Å². The van der Waals surface area contributed by atoms with Gasteiger partial charge < -0.3 is 9.47 Å². The molecular formula is C24H51NO2. The van der Waals surface area contributed by atoms with E-state index in [9.17, 15) is 0 Å². The summed E-state index contributed by atoms with van der Waals surface area (Å²) in [6.45, 7) is 8.42. The third-order valence-electron chi connectivity index (χ3n) is 5.43. The van der Waals surface area contributed by atoms with Crippen LogP contribution in [0.3, 0.4) is 0 Å². The van der Waals surface area contributed by atoms with Crippen LogP contribution < -0.4 is 0 Å². The van der Waals surface area contributed by atoms with Gasteiger partial charge in [-0.3, -0.25) is 4.90 Å². The summed E-state index contributed by atoms with van der Waals surface area (Å²) in [6.07, 6.45) is 20.1. The zero-order valence-electron chi connectivity index (χ0n) is 19.5.